The highest BCUT2D eigenvalue weighted by atomic mass is 79.9. The van der Waals surface area contributed by atoms with Crippen LogP contribution in [0.15, 0.2) is 4.47 Å². The van der Waals surface area contributed by atoms with E-state index in [4.69, 9.17) is 12.2 Å². The van der Waals surface area contributed by atoms with Crippen molar-refractivity contribution < 1.29 is 0 Å². The van der Waals surface area contributed by atoms with Gasteiger partial charge in [0.15, 0.2) is 0 Å². The van der Waals surface area contributed by atoms with Crippen LogP contribution < -0.4 is 0 Å². The molecule has 2 saturated carbocycles. The first-order valence-corrected chi connectivity index (χ1v) is 8.06. The van der Waals surface area contributed by atoms with E-state index >= 15 is 0 Å². The summed E-state index contributed by atoms with van der Waals surface area (Å²) in [6.07, 6.45) is 5.52. The summed E-state index contributed by atoms with van der Waals surface area (Å²) >= 11 is 8.96. The van der Waals surface area contributed by atoms with E-state index in [1.807, 2.05) is 0 Å². The second-order valence-electron chi connectivity index (χ2n) is 6.09. The Morgan fingerprint density at radius 3 is 2.67 bits per heavy atom. The first-order valence-electron chi connectivity index (χ1n) is 6.86. The summed E-state index contributed by atoms with van der Waals surface area (Å²) in [5.74, 6) is 3.99. The third-order valence-corrected chi connectivity index (χ3v) is 5.94. The number of rotatable bonds is 2. The highest BCUT2D eigenvalue weighted by Gasteiger charge is 2.41. The predicted molar refractivity (Wildman–Crippen MR) is 79.4 cm³/mol. The number of fused-ring (bicyclic) bond motifs is 2. The molecule has 3 rings (SSSR count). The predicted octanol–water partition coefficient (Wildman–Crippen LogP) is 4.93. The van der Waals surface area contributed by atoms with Crippen molar-refractivity contribution in [3.8, 4) is 0 Å². The first-order chi connectivity index (χ1) is 8.56. The lowest BCUT2D eigenvalue weighted by molar-refractivity contribution is 0.403. The Bertz CT molecular complexity index is 523. The van der Waals surface area contributed by atoms with Gasteiger partial charge < -0.3 is 4.98 Å². The van der Waals surface area contributed by atoms with Gasteiger partial charge in [-0.3, -0.25) is 0 Å². The van der Waals surface area contributed by atoms with Crippen molar-refractivity contribution in [2.24, 2.45) is 11.8 Å². The van der Waals surface area contributed by atoms with Gasteiger partial charge in [0.05, 0.1) is 4.47 Å². The van der Waals surface area contributed by atoms with E-state index in [-0.39, 0.29) is 0 Å². The minimum absolute atomic E-state index is 0.446. The van der Waals surface area contributed by atoms with Crippen LogP contribution >= 0.6 is 28.1 Å². The van der Waals surface area contributed by atoms with Gasteiger partial charge in [-0.15, -0.1) is 0 Å². The summed E-state index contributed by atoms with van der Waals surface area (Å²) in [6.45, 7) is 4.38. The second kappa shape index (κ2) is 4.71. The minimum Gasteiger partial charge on any atom is -0.346 e. The number of H-pyrrole nitrogens is 1. The van der Waals surface area contributed by atoms with E-state index in [2.05, 4.69) is 39.7 Å². The van der Waals surface area contributed by atoms with Crippen LogP contribution in [-0.4, -0.2) is 9.97 Å². The minimum atomic E-state index is 0.446. The van der Waals surface area contributed by atoms with Crippen LogP contribution in [0.4, 0.5) is 0 Å². The fourth-order valence-corrected chi connectivity index (χ4v) is 4.50. The molecule has 4 heteroatoms. The summed E-state index contributed by atoms with van der Waals surface area (Å²) in [5, 5.41) is 0. The fraction of sp³-hybridized carbons (Fsp3) is 0.714. The molecule has 98 valence electrons. The van der Waals surface area contributed by atoms with Crippen LogP contribution in [0, 0.1) is 16.5 Å². The maximum Gasteiger partial charge on any atom is 0.144 e. The topological polar surface area (TPSA) is 28.7 Å². The molecule has 2 aliphatic carbocycles. The van der Waals surface area contributed by atoms with Crippen molar-refractivity contribution in [2.45, 2.75) is 51.4 Å². The summed E-state index contributed by atoms with van der Waals surface area (Å²) in [4.78, 5) is 8.18. The van der Waals surface area contributed by atoms with E-state index in [0.717, 1.165) is 26.8 Å². The van der Waals surface area contributed by atoms with E-state index in [1.54, 1.807) is 0 Å². The molecule has 18 heavy (non-hydrogen) atoms. The molecule has 2 nitrogen and oxygen atoms in total. The van der Waals surface area contributed by atoms with Crippen molar-refractivity contribution >= 4 is 28.1 Å². The molecule has 3 unspecified atom stereocenters. The molecular weight excluding hydrogens is 308 g/mol. The third kappa shape index (κ3) is 2.07. The largest absolute Gasteiger partial charge is 0.346 e. The Labute approximate surface area is 122 Å². The number of hydrogen-bond acceptors (Lipinski definition) is 2. The molecule has 0 aliphatic heterocycles. The van der Waals surface area contributed by atoms with Gasteiger partial charge in [-0.2, -0.15) is 0 Å². The van der Waals surface area contributed by atoms with Gasteiger partial charge in [-0.05, 0) is 52.9 Å². The number of nitrogens with zero attached hydrogens (tertiary/aromatic N) is 1. The maximum absolute atomic E-state index is 5.39. The Morgan fingerprint density at radius 1 is 1.33 bits per heavy atom. The maximum atomic E-state index is 5.39. The smallest absolute Gasteiger partial charge is 0.144 e. The molecule has 3 atom stereocenters. The van der Waals surface area contributed by atoms with Gasteiger partial charge in [0.25, 0.3) is 0 Å². The SMILES string of the molecule is CC(C)c1[nH]c(C2CC3CCC2C3)nc(=S)c1Br. The average Bonchev–Trinajstić information content (AvgIpc) is 2.94. The Balaban J connectivity index is 2.00. The van der Waals surface area contributed by atoms with Crippen LogP contribution in [-0.2, 0) is 0 Å². The zero-order valence-corrected chi connectivity index (χ0v) is 13.3. The molecule has 0 spiro atoms. The second-order valence-corrected chi connectivity index (χ2v) is 7.27. The fourth-order valence-electron chi connectivity index (χ4n) is 3.65. The van der Waals surface area contributed by atoms with Crippen molar-refractivity contribution in [3.05, 3.63) is 20.6 Å². The van der Waals surface area contributed by atoms with Crippen molar-refractivity contribution in [1.29, 1.82) is 0 Å². The normalized spacial score (nSPS) is 30.3. The Kier molecular flexibility index (Phi) is 3.35. The Morgan fingerprint density at radius 2 is 2.11 bits per heavy atom. The average molecular weight is 327 g/mol. The van der Waals surface area contributed by atoms with Crippen LogP contribution in [0.3, 0.4) is 0 Å². The van der Waals surface area contributed by atoms with Gasteiger partial charge in [-0.25, -0.2) is 4.98 Å². The first kappa shape index (κ1) is 12.8. The van der Waals surface area contributed by atoms with Gasteiger partial charge in [0.2, 0.25) is 0 Å². The molecule has 0 radical (unpaired) electrons. The van der Waals surface area contributed by atoms with Gasteiger partial charge in [-0.1, -0.05) is 32.5 Å². The van der Waals surface area contributed by atoms with Crippen LogP contribution in [0.1, 0.15) is 62.9 Å². The van der Waals surface area contributed by atoms with E-state index in [9.17, 15) is 0 Å². The monoisotopic (exact) mass is 326 g/mol. The molecular formula is C14H19BrN2S. The van der Waals surface area contributed by atoms with Crippen molar-refractivity contribution in [1.82, 2.24) is 9.97 Å². The zero-order valence-electron chi connectivity index (χ0n) is 10.9. The van der Waals surface area contributed by atoms with E-state index in [0.29, 0.717) is 11.8 Å². The molecule has 1 heterocycles. The zero-order chi connectivity index (χ0) is 12.9. The molecule has 2 fully saturated rings. The van der Waals surface area contributed by atoms with Gasteiger partial charge >= 0.3 is 0 Å². The molecule has 2 bridgehead atoms. The third-order valence-electron chi connectivity index (χ3n) is 4.58. The van der Waals surface area contributed by atoms with Crippen LogP contribution in [0.25, 0.3) is 0 Å². The highest BCUT2D eigenvalue weighted by Crippen LogP contribution is 2.52. The summed E-state index contributed by atoms with van der Waals surface area (Å²) in [5.41, 5.74) is 1.20. The van der Waals surface area contributed by atoms with Crippen LogP contribution in [0.5, 0.6) is 0 Å². The highest BCUT2D eigenvalue weighted by molar-refractivity contribution is 9.10. The molecule has 0 amide bonds. The summed E-state index contributed by atoms with van der Waals surface area (Å²) < 4.78 is 1.69. The lowest BCUT2D eigenvalue weighted by Crippen LogP contribution is -2.14. The number of aromatic amines is 1. The van der Waals surface area contributed by atoms with E-state index in [1.165, 1.54) is 31.4 Å². The van der Waals surface area contributed by atoms with Crippen molar-refractivity contribution in [2.75, 3.05) is 0 Å². The van der Waals surface area contributed by atoms with Crippen LogP contribution in [0.2, 0.25) is 0 Å². The van der Waals surface area contributed by atoms with Gasteiger partial charge in [0.1, 0.15) is 10.5 Å². The quantitative estimate of drug-likeness (QED) is 0.780. The lowest BCUT2D eigenvalue weighted by Gasteiger charge is -2.22. The number of halogens is 1. The van der Waals surface area contributed by atoms with E-state index < -0.39 is 0 Å². The van der Waals surface area contributed by atoms with Gasteiger partial charge in [0, 0.05) is 11.6 Å². The molecule has 0 saturated heterocycles. The number of aromatic nitrogens is 2. The summed E-state index contributed by atoms with van der Waals surface area (Å²) in [7, 11) is 0. The molecule has 0 aromatic carbocycles. The standard InChI is InChI=1S/C14H19BrN2S/c1-7(2)12-11(15)14(18)17-13(16-12)10-6-8-3-4-9(10)5-8/h7-10H,3-6H2,1-2H3,(H,16,17,18). The number of hydrogen-bond donors (Lipinski definition) is 1. The molecule has 1 aromatic rings. The van der Waals surface area contributed by atoms with Crippen molar-refractivity contribution in [3.63, 3.8) is 0 Å². The lowest BCUT2D eigenvalue weighted by atomic mass is 9.88. The molecule has 1 N–H and O–H groups in total. The number of nitrogens with one attached hydrogen (secondary N) is 1. The summed E-state index contributed by atoms with van der Waals surface area (Å²) in [6, 6.07) is 0. The Hall–Kier alpha value is -0.220. The molecule has 1 aromatic heterocycles. The molecule has 2 aliphatic rings.